The van der Waals surface area contributed by atoms with Crippen LogP contribution in [0.5, 0.6) is 0 Å². The minimum atomic E-state index is -0.472. The summed E-state index contributed by atoms with van der Waals surface area (Å²) in [6.07, 6.45) is 6.74. The molecule has 1 N–H and O–H groups in total. The average Bonchev–Trinajstić information content (AvgIpc) is 3.11. The predicted octanol–water partition coefficient (Wildman–Crippen LogP) is 2.15. The molecule has 0 radical (unpaired) electrons. The predicted molar refractivity (Wildman–Crippen MR) is 127 cm³/mol. The van der Waals surface area contributed by atoms with E-state index in [4.69, 9.17) is 4.74 Å². The summed E-state index contributed by atoms with van der Waals surface area (Å²) in [4.78, 5) is 45.4. The number of nitrogens with zero attached hydrogens (tertiary/aromatic N) is 3. The molecule has 0 spiro atoms. The van der Waals surface area contributed by atoms with Crippen LogP contribution in [0, 0.1) is 5.92 Å². The topological polar surface area (TPSA) is 82.2 Å². The van der Waals surface area contributed by atoms with Crippen LogP contribution in [0.1, 0.15) is 65.2 Å². The van der Waals surface area contributed by atoms with Gasteiger partial charge in [-0.05, 0) is 32.6 Å². The number of hydrogen-bond donors (Lipinski definition) is 1. The van der Waals surface area contributed by atoms with Crippen LogP contribution >= 0.6 is 0 Å². The number of amides is 3. The van der Waals surface area contributed by atoms with Gasteiger partial charge in [0.05, 0.1) is 19.1 Å². The summed E-state index contributed by atoms with van der Waals surface area (Å²) in [5.74, 6) is -0.545. The van der Waals surface area contributed by atoms with E-state index < -0.39 is 5.92 Å². The molecule has 0 aromatic rings. The van der Waals surface area contributed by atoms with Gasteiger partial charge < -0.3 is 19.9 Å². The molecule has 8 nitrogen and oxygen atoms in total. The summed E-state index contributed by atoms with van der Waals surface area (Å²) >= 11 is 0. The second-order valence-corrected chi connectivity index (χ2v) is 9.52. The molecule has 8 heteroatoms. The van der Waals surface area contributed by atoms with E-state index in [1.807, 2.05) is 11.8 Å². The molecule has 3 aliphatic rings. The van der Waals surface area contributed by atoms with Crippen molar-refractivity contribution in [3.63, 3.8) is 0 Å². The van der Waals surface area contributed by atoms with E-state index >= 15 is 0 Å². The van der Waals surface area contributed by atoms with Gasteiger partial charge in [0.2, 0.25) is 11.8 Å². The Balaban J connectivity index is 1.63. The van der Waals surface area contributed by atoms with Gasteiger partial charge in [0.1, 0.15) is 0 Å². The number of carbonyl (C=O) groups excluding carboxylic acids is 3. The van der Waals surface area contributed by atoms with E-state index in [0.29, 0.717) is 19.5 Å². The lowest BCUT2D eigenvalue weighted by atomic mass is 9.88. The Morgan fingerprint density at radius 1 is 1.03 bits per heavy atom. The molecule has 0 aliphatic carbocycles. The van der Waals surface area contributed by atoms with E-state index in [0.717, 1.165) is 95.7 Å². The standard InChI is InChI=1S/C25H42N4O4/c1-3-4-12-29-20(2)22(25(32)28-10-7-5-6-8-11-28)18-21(24(29)31)19-23(30)26-9-13-27-14-16-33-17-15-27/h21H,3-19H2,1-2H3,(H,26,30). The van der Waals surface area contributed by atoms with Gasteiger partial charge in [-0.25, -0.2) is 0 Å². The third kappa shape index (κ3) is 7.27. The van der Waals surface area contributed by atoms with Crippen molar-refractivity contribution in [3.05, 3.63) is 11.3 Å². The second kappa shape index (κ2) is 13.1. The fraction of sp³-hybridized carbons (Fsp3) is 0.800. The average molecular weight is 463 g/mol. The van der Waals surface area contributed by atoms with Gasteiger partial charge in [-0.15, -0.1) is 0 Å². The molecule has 3 heterocycles. The third-order valence-electron chi connectivity index (χ3n) is 7.08. The first-order valence-corrected chi connectivity index (χ1v) is 12.9. The molecule has 3 amide bonds. The van der Waals surface area contributed by atoms with Crippen LogP contribution in [0.25, 0.3) is 0 Å². The van der Waals surface area contributed by atoms with E-state index in [-0.39, 0.29) is 24.1 Å². The first kappa shape index (κ1) is 25.7. The Morgan fingerprint density at radius 2 is 1.73 bits per heavy atom. The largest absolute Gasteiger partial charge is 0.379 e. The maximum atomic E-state index is 13.4. The summed E-state index contributed by atoms with van der Waals surface area (Å²) in [5.41, 5.74) is 1.50. The van der Waals surface area contributed by atoms with Crippen LogP contribution in [0.15, 0.2) is 11.3 Å². The van der Waals surface area contributed by atoms with Gasteiger partial charge in [0, 0.05) is 63.5 Å². The van der Waals surface area contributed by atoms with Crippen molar-refractivity contribution in [2.24, 2.45) is 5.92 Å². The first-order chi connectivity index (χ1) is 16.0. The molecule has 33 heavy (non-hydrogen) atoms. The number of morpholine rings is 1. The molecule has 186 valence electrons. The lowest BCUT2D eigenvalue weighted by Gasteiger charge is -2.36. The summed E-state index contributed by atoms with van der Waals surface area (Å²) in [7, 11) is 0. The number of carbonyl (C=O) groups is 3. The SMILES string of the molecule is CCCCN1C(=O)C(CC(=O)NCCN2CCOCC2)CC(C(=O)N2CCCCCC2)=C1C. The third-order valence-corrected chi connectivity index (χ3v) is 7.08. The quantitative estimate of drug-likeness (QED) is 0.568. The maximum absolute atomic E-state index is 13.4. The number of nitrogens with one attached hydrogen (secondary N) is 1. The molecule has 2 saturated heterocycles. The number of likely N-dealkylation sites (tertiary alicyclic amines) is 1. The summed E-state index contributed by atoms with van der Waals surface area (Å²) in [5, 5.41) is 2.98. The zero-order chi connectivity index (χ0) is 23.6. The maximum Gasteiger partial charge on any atom is 0.251 e. The van der Waals surface area contributed by atoms with Crippen molar-refractivity contribution in [1.29, 1.82) is 0 Å². The highest BCUT2D eigenvalue weighted by Gasteiger charge is 2.37. The van der Waals surface area contributed by atoms with E-state index in [2.05, 4.69) is 17.1 Å². The Labute approximate surface area is 198 Å². The Hall–Kier alpha value is -1.93. The second-order valence-electron chi connectivity index (χ2n) is 9.52. The summed E-state index contributed by atoms with van der Waals surface area (Å²) < 4.78 is 5.36. The number of ether oxygens (including phenoxy) is 1. The van der Waals surface area contributed by atoms with E-state index in [1.54, 1.807) is 4.90 Å². The van der Waals surface area contributed by atoms with Gasteiger partial charge in [-0.3, -0.25) is 19.3 Å². The monoisotopic (exact) mass is 462 g/mol. The molecule has 3 rings (SSSR count). The minimum Gasteiger partial charge on any atom is -0.379 e. The fourth-order valence-corrected chi connectivity index (χ4v) is 4.96. The van der Waals surface area contributed by atoms with Gasteiger partial charge in [-0.2, -0.15) is 0 Å². The molecular formula is C25H42N4O4. The normalized spacial score (nSPS) is 23.0. The van der Waals surface area contributed by atoms with Crippen molar-refractivity contribution >= 4 is 17.7 Å². The molecule has 2 fully saturated rings. The summed E-state index contributed by atoms with van der Waals surface area (Å²) in [6, 6.07) is 0. The van der Waals surface area contributed by atoms with Crippen LogP contribution < -0.4 is 5.32 Å². The van der Waals surface area contributed by atoms with Crippen molar-refractivity contribution in [1.82, 2.24) is 20.0 Å². The zero-order valence-electron chi connectivity index (χ0n) is 20.6. The Kier molecular flexibility index (Phi) is 10.2. The molecule has 0 bridgehead atoms. The molecule has 1 atom stereocenters. The van der Waals surface area contributed by atoms with Crippen molar-refractivity contribution in [2.45, 2.75) is 65.2 Å². The van der Waals surface area contributed by atoms with E-state index in [1.165, 1.54) is 0 Å². The van der Waals surface area contributed by atoms with Gasteiger partial charge in [0.25, 0.3) is 5.91 Å². The molecule has 0 saturated carbocycles. The lowest BCUT2D eigenvalue weighted by Crippen LogP contribution is -2.46. The molecule has 0 aromatic carbocycles. The Bertz CT molecular complexity index is 709. The highest BCUT2D eigenvalue weighted by molar-refractivity contribution is 5.98. The first-order valence-electron chi connectivity index (χ1n) is 12.9. The highest BCUT2D eigenvalue weighted by Crippen LogP contribution is 2.31. The van der Waals surface area contributed by atoms with Crippen LogP contribution in [0.2, 0.25) is 0 Å². The van der Waals surface area contributed by atoms with Crippen molar-refractivity contribution in [3.8, 4) is 0 Å². The zero-order valence-corrected chi connectivity index (χ0v) is 20.6. The van der Waals surface area contributed by atoms with Crippen LogP contribution in [0.3, 0.4) is 0 Å². The summed E-state index contributed by atoms with van der Waals surface area (Å²) in [6.45, 7) is 10.7. The van der Waals surface area contributed by atoms with Gasteiger partial charge in [0.15, 0.2) is 0 Å². The Morgan fingerprint density at radius 3 is 2.39 bits per heavy atom. The van der Waals surface area contributed by atoms with Gasteiger partial charge in [-0.1, -0.05) is 26.2 Å². The smallest absolute Gasteiger partial charge is 0.251 e. The van der Waals surface area contributed by atoms with Crippen LogP contribution in [-0.2, 0) is 19.1 Å². The lowest BCUT2D eigenvalue weighted by molar-refractivity contribution is -0.138. The number of allylic oxidation sites excluding steroid dienone is 1. The fourth-order valence-electron chi connectivity index (χ4n) is 4.96. The minimum absolute atomic E-state index is 0.0169. The van der Waals surface area contributed by atoms with Crippen LogP contribution in [-0.4, -0.2) is 91.4 Å². The molecule has 1 unspecified atom stereocenters. The number of unbranched alkanes of at least 4 members (excludes halogenated alkanes) is 1. The number of rotatable bonds is 9. The van der Waals surface area contributed by atoms with Crippen LogP contribution in [0.4, 0.5) is 0 Å². The van der Waals surface area contributed by atoms with Crippen molar-refractivity contribution < 1.29 is 19.1 Å². The molecular weight excluding hydrogens is 420 g/mol. The molecule has 0 aromatic heterocycles. The number of hydrogen-bond acceptors (Lipinski definition) is 5. The van der Waals surface area contributed by atoms with Gasteiger partial charge >= 0.3 is 0 Å². The van der Waals surface area contributed by atoms with E-state index in [9.17, 15) is 14.4 Å². The van der Waals surface area contributed by atoms with Crippen molar-refractivity contribution in [2.75, 3.05) is 59.0 Å². The molecule has 3 aliphatic heterocycles. The highest BCUT2D eigenvalue weighted by atomic mass is 16.5.